The van der Waals surface area contributed by atoms with E-state index in [1.165, 1.54) is 23.1 Å². The highest BCUT2D eigenvalue weighted by Crippen LogP contribution is 2.45. The number of rotatable bonds is 13. The van der Waals surface area contributed by atoms with E-state index in [4.69, 9.17) is 14.2 Å². The van der Waals surface area contributed by atoms with Crippen molar-refractivity contribution >= 4 is 51.8 Å². The Kier molecular flexibility index (Phi) is 11.6. The third kappa shape index (κ3) is 9.48. The molecule has 310 valence electrons. The van der Waals surface area contributed by atoms with E-state index in [1.807, 2.05) is 0 Å². The minimum absolute atomic E-state index is 0.0260. The van der Waals surface area contributed by atoms with Crippen LogP contribution in [0.1, 0.15) is 76.8 Å². The Hall–Kier alpha value is -5.27. The lowest BCUT2D eigenvalue weighted by Crippen LogP contribution is -2.58. The molecule has 2 aliphatic carbocycles. The quantitative estimate of drug-likeness (QED) is 0.124. The number of carbonyl (C=O) groups excluding carboxylic acids is 7. The standard InChI is InChI=1S/C37H47FN6O12S/c1-5-21-16-37(21,33(49)42-57(52,53)23-9-10-23)41-30(46)27-15-22(54-35(51)43-17-20-7-6-8-25(38)24(20)19-43)18-44(27)32(48)26(40-34(50)56-36(2,3)4)13-14-39-31(47)28-11-12-29(45)55-28/h5-8,21-23,26-28H,1,9-19H2,2-4H3,(H,39,47)(H,40,50)(H,41,46)(H,42,49)/t21-,22-,26+,27+,28+,37-/m1/s1. The molecule has 0 bridgehead atoms. The number of carbonyl (C=O) groups is 7. The number of cyclic esters (lactones) is 1. The highest BCUT2D eigenvalue weighted by molar-refractivity contribution is 7.91. The summed E-state index contributed by atoms with van der Waals surface area (Å²) in [5.74, 6) is -4.92. The molecule has 20 heteroatoms. The molecule has 5 aliphatic rings. The SMILES string of the molecule is C=C[C@@H]1C[C@]1(NC(=O)[C@@H]1C[C@@H](OC(=O)N2Cc3cccc(F)c3C2)CN1C(=O)[C@H](CCNC(=O)[C@@H]1CCC(=O)O1)NC(=O)OC(C)(C)C)C(=O)NS(=O)(=O)C1CC1. The highest BCUT2D eigenvalue weighted by Gasteiger charge is 2.62. The number of ether oxygens (including phenoxy) is 3. The van der Waals surface area contributed by atoms with Crippen LogP contribution in [0.25, 0.3) is 0 Å². The van der Waals surface area contributed by atoms with Gasteiger partial charge in [-0.2, -0.15) is 0 Å². The third-order valence-electron chi connectivity index (χ3n) is 10.4. The monoisotopic (exact) mass is 818 g/mol. The summed E-state index contributed by atoms with van der Waals surface area (Å²) in [5, 5.41) is 7.00. The summed E-state index contributed by atoms with van der Waals surface area (Å²) in [5.41, 5.74) is -1.75. The van der Waals surface area contributed by atoms with E-state index in [-0.39, 0.29) is 58.3 Å². The van der Waals surface area contributed by atoms with Gasteiger partial charge in [-0.15, -0.1) is 6.58 Å². The van der Waals surface area contributed by atoms with Gasteiger partial charge in [0.15, 0.2) is 6.10 Å². The van der Waals surface area contributed by atoms with Crippen LogP contribution in [0.15, 0.2) is 30.9 Å². The molecule has 4 fully saturated rings. The number of halogens is 1. The van der Waals surface area contributed by atoms with Gasteiger partial charge in [-0.25, -0.2) is 22.4 Å². The predicted molar refractivity (Wildman–Crippen MR) is 195 cm³/mol. The van der Waals surface area contributed by atoms with Crippen LogP contribution >= 0.6 is 0 Å². The van der Waals surface area contributed by atoms with Gasteiger partial charge in [0.05, 0.1) is 18.3 Å². The van der Waals surface area contributed by atoms with Crippen LogP contribution in [0, 0.1) is 11.7 Å². The number of amides is 6. The average Bonchev–Trinajstić information content (AvgIpc) is 3.95. The van der Waals surface area contributed by atoms with Crippen molar-refractivity contribution in [2.24, 2.45) is 5.92 Å². The number of nitrogens with zero attached hydrogens (tertiary/aromatic N) is 2. The van der Waals surface area contributed by atoms with Crippen molar-refractivity contribution in [3.63, 3.8) is 0 Å². The van der Waals surface area contributed by atoms with E-state index < -0.39 is 104 Å². The van der Waals surface area contributed by atoms with Crippen LogP contribution in [0.2, 0.25) is 0 Å². The molecule has 0 unspecified atom stereocenters. The molecule has 2 saturated carbocycles. The Morgan fingerprint density at radius 1 is 1.11 bits per heavy atom. The van der Waals surface area contributed by atoms with Crippen LogP contribution in [-0.4, -0.2) is 114 Å². The van der Waals surface area contributed by atoms with E-state index >= 15 is 0 Å². The Morgan fingerprint density at radius 2 is 1.84 bits per heavy atom. The van der Waals surface area contributed by atoms with Crippen molar-refractivity contribution in [2.45, 2.75) is 119 Å². The van der Waals surface area contributed by atoms with Gasteiger partial charge >= 0.3 is 18.2 Å². The number of hydrogen-bond donors (Lipinski definition) is 4. The zero-order valence-electron chi connectivity index (χ0n) is 31.8. The molecule has 4 N–H and O–H groups in total. The summed E-state index contributed by atoms with van der Waals surface area (Å²) < 4.78 is 58.0. The number of sulfonamides is 1. The summed E-state index contributed by atoms with van der Waals surface area (Å²) in [7, 11) is -3.99. The van der Waals surface area contributed by atoms with Gasteiger partial charge in [-0.1, -0.05) is 18.2 Å². The van der Waals surface area contributed by atoms with Crippen LogP contribution in [0.3, 0.4) is 0 Å². The van der Waals surface area contributed by atoms with Crippen LogP contribution in [-0.2, 0) is 61.3 Å². The fourth-order valence-electron chi connectivity index (χ4n) is 7.19. The Balaban J connectivity index is 1.22. The molecule has 1 aromatic carbocycles. The molecule has 3 heterocycles. The molecule has 2 saturated heterocycles. The first kappa shape index (κ1) is 41.4. The fraction of sp³-hybridized carbons (Fsp3) is 0.595. The minimum atomic E-state index is -3.99. The first-order chi connectivity index (χ1) is 26.8. The molecule has 1 aromatic rings. The Morgan fingerprint density at radius 3 is 2.46 bits per heavy atom. The number of esters is 1. The molecule has 0 spiro atoms. The smallest absolute Gasteiger partial charge is 0.410 e. The normalized spacial score (nSPS) is 25.7. The second kappa shape index (κ2) is 15.9. The molecule has 6 rings (SSSR count). The summed E-state index contributed by atoms with van der Waals surface area (Å²) in [6, 6.07) is 1.65. The zero-order valence-corrected chi connectivity index (χ0v) is 32.7. The van der Waals surface area contributed by atoms with Crippen molar-refractivity contribution in [1.82, 2.24) is 30.5 Å². The Labute approximate surface area is 328 Å². The van der Waals surface area contributed by atoms with Gasteiger partial charge in [-0.05, 0) is 58.1 Å². The fourth-order valence-corrected chi connectivity index (χ4v) is 8.56. The van der Waals surface area contributed by atoms with Crippen molar-refractivity contribution in [3.05, 3.63) is 47.8 Å². The molecule has 0 radical (unpaired) electrons. The summed E-state index contributed by atoms with van der Waals surface area (Å²) >= 11 is 0. The van der Waals surface area contributed by atoms with E-state index in [2.05, 4.69) is 27.3 Å². The molecule has 6 amide bonds. The van der Waals surface area contributed by atoms with Crippen LogP contribution < -0.4 is 20.7 Å². The second-order valence-electron chi connectivity index (χ2n) is 16.0. The maximum atomic E-state index is 14.5. The van der Waals surface area contributed by atoms with Gasteiger partial charge in [0.1, 0.15) is 35.1 Å². The third-order valence-corrected chi connectivity index (χ3v) is 12.3. The molecular weight excluding hydrogens is 772 g/mol. The van der Waals surface area contributed by atoms with Crippen molar-refractivity contribution in [3.8, 4) is 0 Å². The predicted octanol–water partition coefficient (Wildman–Crippen LogP) is 1.02. The van der Waals surface area contributed by atoms with Crippen molar-refractivity contribution in [2.75, 3.05) is 13.1 Å². The highest BCUT2D eigenvalue weighted by atomic mass is 32.2. The van der Waals surface area contributed by atoms with Crippen LogP contribution in [0.4, 0.5) is 14.0 Å². The first-order valence-electron chi connectivity index (χ1n) is 18.8. The summed E-state index contributed by atoms with van der Waals surface area (Å²) in [6.45, 7) is 7.97. The lowest BCUT2D eigenvalue weighted by molar-refractivity contribution is -0.148. The number of likely N-dealkylation sites (tertiary alicyclic amines) is 1. The van der Waals surface area contributed by atoms with Gasteiger partial charge in [0.25, 0.3) is 11.8 Å². The number of nitrogens with one attached hydrogen (secondary N) is 4. The van der Waals surface area contributed by atoms with E-state index in [0.29, 0.717) is 24.0 Å². The summed E-state index contributed by atoms with van der Waals surface area (Å²) in [4.78, 5) is 95.0. The lowest BCUT2D eigenvalue weighted by Gasteiger charge is -2.30. The minimum Gasteiger partial charge on any atom is -0.452 e. The largest absolute Gasteiger partial charge is 0.452 e. The van der Waals surface area contributed by atoms with E-state index in [9.17, 15) is 46.4 Å². The van der Waals surface area contributed by atoms with Gasteiger partial charge in [0, 0.05) is 43.8 Å². The van der Waals surface area contributed by atoms with Gasteiger partial charge < -0.3 is 35.1 Å². The maximum absolute atomic E-state index is 14.5. The molecular formula is C37H47FN6O12S. The lowest BCUT2D eigenvalue weighted by atomic mass is 10.1. The number of hydrogen-bond acceptors (Lipinski definition) is 12. The Bertz CT molecular complexity index is 1970. The number of alkyl carbamates (subject to hydrolysis) is 1. The molecule has 6 atom stereocenters. The van der Waals surface area contributed by atoms with Crippen molar-refractivity contribution in [1.29, 1.82) is 0 Å². The second-order valence-corrected chi connectivity index (χ2v) is 17.9. The molecule has 18 nitrogen and oxygen atoms in total. The average molecular weight is 819 g/mol. The molecule has 3 aliphatic heterocycles. The topological polar surface area (TPSA) is 236 Å². The summed E-state index contributed by atoms with van der Waals surface area (Å²) in [6.07, 6.45) is -1.97. The van der Waals surface area contributed by atoms with E-state index in [1.54, 1.807) is 26.8 Å². The zero-order chi connectivity index (χ0) is 41.4. The number of benzene rings is 1. The van der Waals surface area contributed by atoms with Gasteiger partial charge in [-0.3, -0.25) is 33.6 Å². The van der Waals surface area contributed by atoms with Crippen molar-refractivity contribution < 1.29 is 60.6 Å². The van der Waals surface area contributed by atoms with Gasteiger partial charge in [0.2, 0.25) is 21.8 Å². The molecule has 57 heavy (non-hydrogen) atoms. The first-order valence-corrected chi connectivity index (χ1v) is 20.3. The van der Waals surface area contributed by atoms with E-state index in [0.717, 1.165) is 4.90 Å². The number of fused-ring (bicyclic) bond motifs is 1. The maximum Gasteiger partial charge on any atom is 0.410 e. The molecule has 0 aromatic heterocycles. The van der Waals surface area contributed by atoms with Crippen LogP contribution in [0.5, 0.6) is 0 Å².